The summed E-state index contributed by atoms with van der Waals surface area (Å²) < 4.78 is 49.2. The molecule has 2 bridgehead atoms. The van der Waals surface area contributed by atoms with Crippen LogP contribution >= 0.6 is 15.9 Å². The topological polar surface area (TPSA) is 101 Å². The molecule has 1 fully saturated rings. The van der Waals surface area contributed by atoms with E-state index in [1.54, 1.807) is 4.90 Å². The van der Waals surface area contributed by atoms with E-state index in [-0.39, 0.29) is 30.5 Å². The van der Waals surface area contributed by atoms with Crippen molar-refractivity contribution in [3.63, 3.8) is 0 Å². The number of benzene rings is 2. The number of pyridine rings is 1. The zero-order valence-electron chi connectivity index (χ0n) is 22.2. The quantitative estimate of drug-likeness (QED) is 0.425. The van der Waals surface area contributed by atoms with Gasteiger partial charge < -0.3 is 24.6 Å². The van der Waals surface area contributed by atoms with Crippen molar-refractivity contribution < 1.29 is 32.6 Å². The summed E-state index contributed by atoms with van der Waals surface area (Å²) >= 11 is 3.53. The van der Waals surface area contributed by atoms with Gasteiger partial charge in [0.2, 0.25) is 5.43 Å². The zero-order valence-corrected chi connectivity index (χ0v) is 23.8. The molecule has 0 saturated carbocycles. The van der Waals surface area contributed by atoms with E-state index < -0.39 is 64.0 Å². The number of aromatic nitrogens is 1. The molecule has 1 aromatic heterocycles. The predicted octanol–water partition coefficient (Wildman–Crippen LogP) is 4.12. The highest BCUT2D eigenvalue weighted by molar-refractivity contribution is 9.10. The lowest BCUT2D eigenvalue weighted by molar-refractivity contribution is -0.0240. The third-order valence-corrected chi connectivity index (χ3v) is 8.72. The van der Waals surface area contributed by atoms with Gasteiger partial charge >= 0.3 is 0 Å². The van der Waals surface area contributed by atoms with Crippen LogP contribution in [-0.2, 0) is 13.0 Å². The van der Waals surface area contributed by atoms with Crippen molar-refractivity contribution in [2.75, 3.05) is 13.7 Å². The summed E-state index contributed by atoms with van der Waals surface area (Å²) in [4.78, 5) is 41.8. The molecular weight excluding hydrogens is 607 g/mol. The fourth-order valence-electron chi connectivity index (χ4n) is 5.68. The van der Waals surface area contributed by atoms with E-state index in [0.717, 1.165) is 10.0 Å². The Kier molecular flexibility index (Phi) is 7.73. The van der Waals surface area contributed by atoms with Crippen LogP contribution in [0.1, 0.15) is 57.8 Å². The first kappa shape index (κ1) is 28.9. The summed E-state index contributed by atoms with van der Waals surface area (Å²) in [6.07, 6.45) is 2.22. The van der Waals surface area contributed by atoms with Crippen molar-refractivity contribution >= 4 is 27.7 Å². The largest absolute Gasteiger partial charge is 0.491 e. The van der Waals surface area contributed by atoms with Gasteiger partial charge in [0.25, 0.3) is 11.8 Å². The SMILES string of the molecule is COc1c2n(cc(C(=O)NCc3c(F)cc(F)cc3F)c1=O)[C@@H]1CN(C2=O)[C@@H](C)CC[C@@]1(O)Cc1ccccc1Br. The Balaban J connectivity index is 1.59. The number of hydrogen-bond donors (Lipinski definition) is 2. The smallest absolute Gasteiger partial charge is 0.274 e. The van der Waals surface area contributed by atoms with Crippen LogP contribution in [0.5, 0.6) is 5.75 Å². The van der Waals surface area contributed by atoms with Crippen molar-refractivity contribution in [2.24, 2.45) is 0 Å². The molecule has 8 nitrogen and oxygen atoms in total. The van der Waals surface area contributed by atoms with Gasteiger partial charge in [-0.15, -0.1) is 0 Å². The van der Waals surface area contributed by atoms with Gasteiger partial charge in [-0.25, -0.2) is 13.2 Å². The summed E-state index contributed by atoms with van der Waals surface area (Å²) in [5.41, 5.74) is -2.58. The number of carbonyl (C=O) groups excluding carboxylic acids is 2. The van der Waals surface area contributed by atoms with Crippen LogP contribution in [0.3, 0.4) is 0 Å². The molecule has 0 unspecified atom stereocenters. The van der Waals surface area contributed by atoms with Crippen molar-refractivity contribution in [1.82, 2.24) is 14.8 Å². The lowest BCUT2D eigenvalue weighted by Gasteiger charge is -2.43. The van der Waals surface area contributed by atoms with Crippen LogP contribution in [0.25, 0.3) is 0 Å². The number of nitrogens with one attached hydrogen (secondary N) is 1. The second-order valence-corrected chi connectivity index (χ2v) is 11.3. The third-order valence-electron chi connectivity index (χ3n) is 7.94. The third kappa shape index (κ3) is 5.14. The molecule has 3 aromatic rings. The van der Waals surface area contributed by atoms with Gasteiger partial charge in [-0.3, -0.25) is 14.4 Å². The van der Waals surface area contributed by atoms with E-state index in [1.807, 2.05) is 31.2 Å². The summed E-state index contributed by atoms with van der Waals surface area (Å²) in [7, 11) is 1.19. The van der Waals surface area contributed by atoms with E-state index in [4.69, 9.17) is 4.74 Å². The molecule has 2 aliphatic heterocycles. The number of nitrogens with zero attached hydrogens (tertiary/aromatic N) is 2. The molecule has 1 saturated heterocycles. The highest BCUT2D eigenvalue weighted by Crippen LogP contribution is 2.42. The highest BCUT2D eigenvalue weighted by atomic mass is 79.9. The van der Waals surface area contributed by atoms with Gasteiger partial charge in [0.15, 0.2) is 11.4 Å². The molecule has 2 aromatic carbocycles. The fraction of sp³-hybridized carbons (Fsp3) is 0.345. The number of carbonyl (C=O) groups is 2. The minimum Gasteiger partial charge on any atom is -0.491 e. The number of methoxy groups -OCH3 is 1. The number of ether oxygens (including phenoxy) is 1. The van der Waals surface area contributed by atoms with Crippen LogP contribution in [0.15, 0.2) is 51.9 Å². The minimum absolute atomic E-state index is 0.0970. The lowest BCUT2D eigenvalue weighted by atomic mass is 9.82. The Bertz CT molecular complexity index is 1590. The molecule has 2 N–H and O–H groups in total. The number of rotatable bonds is 6. The first-order valence-electron chi connectivity index (χ1n) is 13.0. The molecule has 0 aliphatic carbocycles. The van der Waals surface area contributed by atoms with E-state index in [1.165, 1.54) is 17.9 Å². The van der Waals surface area contributed by atoms with Crippen LogP contribution in [0.4, 0.5) is 13.2 Å². The minimum atomic E-state index is -1.39. The van der Waals surface area contributed by atoms with Gasteiger partial charge in [-0.1, -0.05) is 34.1 Å². The molecule has 0 radical (unpaired) electrons. The van der Waals surface area contributed by atoms with Crippen molar-refractivity contribution in [1.29, 1.82) is 0 Å². The number of fused-ring (bicyclic) bond motifs is 4. The molecule has 0 spiro atoms. The van der Waals surface area contributed by atoms with Gasteiger partial charge in [-0.2, -0.15) is 0 Å². The molecule has 216 valence electrons. The maximum Gasteiger partial charge on any atom is 0.274 e. The molecule has 5 rings (SSSR count). The van der Waals surface area contributed by atoms with Gasteiger partial charge in [-0.05, 0) is 31.4 Å². The number of amides is 2. The number of hydrogen-bond acceptors (Lipinski definition) is 5. The van der Waals surface area contributed by atoms with Crippen molar-refractivity contribution in [2.45, 2.75) is 50.4 Å². The summed E-state index contributed by atoms with van der Waals surface area (Å²) in [5, 5.41) is 14.5. The number of aliphatic hydroxyl groups is 1. The van der Waals surface area contributed by atoms with Crippen LogP contribution in [0, 0.1) is 17.5 Å². The van der Waals surface area contributed by atoms with Crippen molar-refractivity contribution in [3.05, 3.63) is 97.1 Å². The predicted molar refractivity (Wildman–Crippen MR) is 146 cm³/mol. The standard InChI is InChI=1S/C29H27BrF3N3O5/c1-15-7-8-29(40,11-16-5-3-4-6-20(16)30)23-14-35(15)28(39)24-26(41-2)25(37)19(13-36(23)24)27(38)34-12-18-21(32)9-17(31)10-22(18)33/h3-6,9-10,13,15,23,40H,7-8,11-12,14H2,1-2H3,(H,34,38)/t15-,23+,29+/m0/s1. The second-order valence-electron chi connectivity index (χ2n) is 10.4. The molecule has 12 heteroatoms. The molecule has 2 amide bonds. The van der Waals surface area contributed by atoms with Gasteiger partial charge in [0.05, 0.1) is 18.8 Å². The molecule has 41 heavy (non-hydrogen) atoms. The summed E-state index contributed by atoms with van der Waals surface area (Å²) in [6, 6.07) is 7.40. The number of halogens is 4. The normalized spacial score (nSPS) is 21.7. The first-order chi connectivity index (χ1) is 19.4. The summed E-state index contributed by atoms with van der Waals surface area (Å²) in [6.45, 7) is 1.32. The van der Waals surface area contributed by atoms with Crippen LogP contribution in [0.2, 0.25) is 0 Å². The van der Waals surface area contributed by atoms with Gasteiger partial charge in [0, 0.05) is 53.9 Å². The Morgan fingerprint density at radius 2 is 1.88 bits per heavy atom. The monoisotopic (exact) mass is 633 g/mol. The average Bonchev–Trinajstić information content (AvgIpc) is 3.03. The Morgan fingerprint density at radius 3 is 2.54 bits per heavy atom. The lowest BCUT2D eigenvalue weighted by Crippen LogP contribution is -2.53. The van der Waals surface area contributed by atoms with E-state index in [2.05, 4.69) is 21.2 Å². The Hall–Kier alpha value is -3.64. The van der Waals surface area contributed by atoms with E-state index >= 15 is 0 Å². The molecule has 3 atom stereocenters. The maximum absolute atomic E-state index is 14.1. The Morgan fingerprint density at radius 1 is 1.20 bits per heavy atom. The highest BCUT2D eigenvalue weighted by Gasteiger charge is 2.49. The Labute approximate surface area is 241 Å². The molecular formula is C29H27BrF3N3O5. The van der Waals surface area contributed by atoms with Crippen LogP contribution in [-0.4, -0.2) is 51.7 Å². The van der Waals surface area contributed by atoms with E-state index in [9.17, 15) is 32.7 Å². The fourth-order valence-corrected chi connectivity index (χ4v) is 6.10. The zero-order chi connectivity index (χ0) is 29.6. The average molecular weight is 634 g/mol. The van der Waals surface area contributed by atoms with Crippen molar-refractivity contribution in [3.8, 4) is 5.75 Å². The summed E-state index contributed by atoms with van der Waals surface area (Å²) in [5.74, 6) is -5.35. The van der Waals surface area contributed by atoms with E-state index in [0.29, 0.717) is 25.0 Å². The second kappa shape index (κ2) is 11.0. The maximum atomic E-state index is 14.1. The van der Waals surface area contributed by atoms with Crippen LogP contribution < -0.4 is 15.5 Å². The first-order valence-corrected chi connectivity index (χ1v) is 13.8. The molecule has 2 aliphatic rings. The molecule has 3 heterocycles. The van der Waals surface area contributed by atoms with Gasteiger partial charge in [0.1, 0.15) is 23.0 Å².